The molecule has 1 saturated heterocycles. The highest BCUT2D eigenvalue weighted by atomic mass is 35.5. The van der Waals surface area contributed by atoms with Crippen molar-refractivity contribution in [1.82, 2.24) is 20.0 Å². The molecule has 1 fully saturated rings. The Hall–Kier alpha value is -1.07. The van der Waals surface area contributed by atoms with Gasteiger partial charge in [0.25, 0.3) is 5.91 Å². The Bertz CT molecular complexity index is 438. The van der Waals surface area contributed by atoms with Crippen LogP contribution in [-0.4, -0.2) is 46.8 Å². The van der Waals surface area contributed by atoms with E-state index in [0.717, 1.165) is 36.5 Å². The van der Waals surface area contributed by atoms with Gasteiger partial charge in [-0.25, -0.2) is 0 Å². The number of carbonyl (C=O) groups excluding carboxylic acids is 1. The van der Waals surface area contributed by atoms with E-state index in [1.165, 1.54) is 0 Å². The molecule has 0 saturated carbocycles. The molecule has 0 radical (unpaired) electrons. The first-order valence-corrected chi connectivity index (χ1v) is 6.00. The number of aryl methyl sites for hydroxylation is 2. The maximum absolute atomic E-state index is 12.4. The molecule has 18 heavy (non-hydrogen) atoms. The summed E-state index contributed by atoms with van der Waals surface area (Å²) in [5.74, 6) is 0.0850. The molecule has 0 aromatic carbocycles. The summed E-state index contributed by atoms with van der Waals surface area (Å²) in [6, 6.07) is 0.307. The first kappa shape index (κ1) is 15.0. The predicted octanol–water partition coefficient (Wildman–Crippen LogP) is 0.893. The van der Waals surface area contributed by atoms with E-state index < -0.39 is 0 Å². The van der Waals surface area contributed by atoms with Crippen molar-refractivity contribution in [3.8, 4) is 0 Å². The van der Waals surface area contributed by atoms with E-state index in [4.69, 9.17) is 0 Å². The third kappa shape index (κ3) is 2.52. The standard InChI is InChI=1S/C12H20N4O.ClH/c1-8-11(9(2)16(4)14-8)12(17)15(3)10-5-6-13-7-10;/h10,13H,5-7H2,1-4H3;1H. The van der Waals surface area contributed by atoms with Gasteiger partial charge in [-0.05, 0) is 26.8 Å². The zero-order valence-corrected chi connectivity index (χ0v) is 12.2. The number of nitrogens with zero attached hydrogens (tertiary/aromatic N) is 3. The van der Waals surface area contributed by atoms with E-state index in [0.29, 0.717) is 6.04 Å². The van der Waals surface area contributed by atoms with Gasteiger partial charge in [0.2, 0.25) is 0 Å². The number of rotatable bonds is 2. The van der Waals surface area contributed by atoms with Crippen molar-refractivity contribution in [1.29, 1.82) is 0 Å². The third-order valence-electron chi connectivity index (χ3n) is 3.63. The van der Waals surface area contributed by atoms with Crippen molar-refractivity contribution in [3.63, 3.8) is 0 Å². The summed E-state index contributed by atoms with van der Waals surface area (Å²) in [5.41, 5.74) is 2.50. The van der Waals surface area contributed by atoms with Gasteiger partial charge in [0.15, 0.2) is 0 Å². The van der Waals surface area contributed by atoms with Crippen LogP contribution in [-0.2, 0) is 7.05 Å². The first-order chi connectivity index (χ1) is 8.02. The maximum atomic E-state index is 12.4. The monoisotopic (exact) mass is 272 g/mol. The first-order valence-electron chi connectivity index (χ1n) is 6.00. The van der Waals surface area contributed by atoms with Crippen LogP contribution in [0.2, 0.25) is 0 Å². The molecule has 1 aromatic rings. The molecule has 2 rings (SSSR count). The number of likely N-dealkylation sites (N-methyl/N-ethyl adjacent to an activating group) is 1. The van der Waals surface area contributed by atoms with Gasteiger partial charge in [-0.2, -0.15) is 5.10 Å². The average Bonchev–Trinajstić information content (AvgIpc) is 2.87. The van der Waals surface area contributed by atoms with Crippen molar-refractivity contribution in [2.45, 2.75) is 26.3 Å². The minimum Gasteiger partial charge on any atom is -0.337 e. The molecule has 0 spiro atoms. The van der Waals surface area contributed by atoms with Crippen molar-refractivity contribution in [2.75, 3.05) is 20.1 Å². The number of halogens is 1. The van der Waals surface area contributed by atoms with Crippen LogP contribution in [0.5, 0.6) is 0 Å². The largest absolute Gasteiger partial charge is 0.337 e. The van der Waals surface area contributed by atoms with Gasteiger partial charge in [0.1, 0.15) is 0 Å². The molecule has 1 atom stereocenters. The zero-order valence-electron chi connectivity index (χ0n) is 11.4. The molecule has 6 heteroatoms. The summed E-state index contributed by atoms with van der Waals surface area (Å²) in [5, 5.41) is 7.57. The highest BCUT2D eigenvalue weighted by Crippen LogP contribution is 2.17. The molecule has 1 aliphatic rings. The minimum absolute atomic E-state index is 0. The van der Waals surface area contributed by atoms with Crippen LogP contribution >= 0.6 is 12.4 Å². The van der Waals surface area contributed by atoms with Crippen LogP contribution in [0.3, 0.4) is 0 Å². The quantitative estimate of drug-likeness (QED) is 0.870. The van der Waals surface area contributed by atoms with Crippen LogP contribution in [0.4, 0.5) is 0 Å². The van der Waals surface area contributed by atoms with Gasteiger partial charge in [0, 0.05) is 32.4 Å². The third-order valence-corrected chi connectivity index (χ3v) is 3.63. The van der Waals surface area contributed by atoms with Crippen LogP contribution in [0, 0.1) is 13.8 Å². The zero-order chi connectivity index (χ0) is 12.6. The van der Waals surface area contributed by atoms with Crippen LogP contribution in [0.25, 0.3) is 0 Å². The lowest BCUT2D eigenvalue weighted by molar-refractivity contribution is 0.0742. The van der Waals surface area contributed by atoms with Gasteiger partial charge in [-0.1, -0.05) is 0 Å². The van der Waals surface area contributed by atoms with E-state index in [1.807, 2.05) is 32.8 Å². The molecule has 0 aliphatic carbocycles. The summed E-state index contributed by atoms with van der Waals surface area (Å²) >= 11 is 0. The maximum Gasteiger partial charge on any atom is 0.257 e. The van der Waals surface area contributed by atoms with Crippen LogP contribution in [0.1, 0.15) is 28.2 Å². The number of amides is 1. The Morgan fingerprint density at radius 2 is 2.17 bits per heavy atom. The van der Waals surface area contributed by atoms with E-state index in [2.05, 4.69) is 10.4 Å². The lowest BCUT2D eigenvalue weighted by Crippen LogP contribution is -2.38. The Labute approximate surface area is 114 Å². The summed E-state index contributed by atoms with van der Waals surface area (Å²) in [6.45, 7) is 5.71. The highest BCUT2D eigenvalue weighted by molar-refractivity contribution is 5.96. The molecule has 1 unspecified atom stereocenters. The fraction of sp³-hybridized carbons (Fsp3) is 0.667. The molecule has 1 N–H and O–H groups in total. The van der Waals surface area contributed by atoms with Gasteiger partial charge >= 0.3 is 0 Å². The second kappa shape index (κ2) is 5.71. The number of nitrogens with one attached hydrogen (secondary N) is 1. The number of aromatic nitrogens is 2. The normalized spacial score (nSPS) is 18.6. The Kier molecular flexibility index (Phi) is 4.76. The lowest BCUT2D eigenvalue weighted by atomic mass is 10.1. The average molecular weight is 273 g/mol. The van der Waals surface area contributed by atoms with E-state index in [1.54, 1.807) is 4.68 Å². The second-order valence-corrected chi connectivity index (χ2v) is 4.73. The molecular weight excluding hydrogens is 252 g/mol. The van der Waals surface area contributed by atoms with Crippen molar-refractivity contribution < 1.29 is 4.79 Å². The summed E-state index contributed by atoms with van der Waals surface area (Å²) in [7, 11) is 3.75. The van der Waals surface area contributed by atoms with E-state index in [9.17, 15) is 4.79 Å². The fourth-order valence-electron chi connectivity index (χ4n) is 2.40. The second-order valence-electron chi connectivity index (χ2n) is 4.73. The lowest BCUT2D eigenvalue weighted by Gasteiger charge is -2.23. The molecule has 0 bridgehead atoms. The molecule has 102 valence electrons. The van der Waals surface area contributed by atoms with Crippen LogP contribution in [0.15, 0.2) is 0 Å². The van der Waals surface area contributed by atoms with Gasteiger partial charge in [0.05, 0.1) is 11.3 Å². The molecule has 2 heterocycles. The summed E-state index contributed by atoms with van der Waals surface area (Å²) < 4.78 is 1.77. The molecule has 1 aromatic heterocycles. The molecular formula is C12H21ClN4O. The number of hydrogen-bond acceptors (Lipinski definition) is 3. The number of carbonyl (C=O) groups is 1. The fourth-order valence-corrected chi connectivity index (χ4v) is 2.40. The van der Waals surface area contributed by atoms with Crippen molar-refractivity contribution in [3.05, 3.63) is 17.0 Å². The van der Waals surface area contributed by atoms with Crippen molar-refractivity contribution in [2.24, 2.45) is 7.05 Å². The Morgan fingerprint density at radius 3 is 2.61 bits per heavy atom. The van der Waals surface area contributed by atoms with Gasteiger partial charge in [-0.3, -0.25) is 9.48 Å². The van der Waals surface area contributed by atoms with Crippen molar-refractivity contribution >= 4 is 18.3 Å². The minimum atomic E-state index is 0. The predicted molar refractivity (Wildman–Crippen MR) is 73.3 cm³/mol. The summed E-state index contributed by atoms with van der Waals surface area (Å²) in [4.78, 5) is 14.3. The molecule has 5 nitrogen and oxygen atoms in total. The smallest absolute Gasteiger partial charge is 0.257 e. The number of hydrogen-bond donors (Lipinski definition) is 1. The topological polar surface area (TPSA) is 50.2 Å². The molecule has 1 aliphatic heterocycles. The van der Waals surface area contributed by atoms with Crippen LogP contribution < -0.4 is 5.32 Å². The Balaban J connectivity index is 0.00000162. The van der Waals surface area contributed by atoms with Gasteiger partial charge < -0.3 is 10.2 Å². The van der Waals surface area contributed by atoms with Gasteiger partial charge in [-0.15, -0.1) is 12.4 Å². The Morgan fingerprint density at radius 1 is 1.50 bits per heavy atom. The van der Waals surface area contributed by atoms with E-state index in [-0.39, 0.29) is 18.3 Å². The molecule has 1 amide bonds. The van der Waals surface area contributed by atoms with E-state index >= 15 is 0 Å². The SMILES string of the molecule is Cc1nn(C)c(C)c1C(=O)N(C)C1CCNC1.Cl. The highest BCUT2D eigenvalue weighted by Gasteiger charge is 2.27. The summed E-state index contributed by atoms with van der Waals surface area (Å²) in [6.07, 6.45) is 1.03.